The monoisotopic (exact) mass is 202 g/mol. The van der Waals surface area contributed by atoms with E-state index in [0.29, 0.717) is 32.2 Å². The first-order valence-corrected chi connectivity index (χ1v) is 5.24. The van der Waals surface area contributed by atoms with Gasteiger partial charge in [0.1, 0.15) is 0 Å². The van der Waals surface area contributed by atoms with Crippen LogP contribution in [-0.4, -0.2) is 38.3 Å². The summed E-state index contributed by atoms with van der Waals surface area (Å²) in [6, 6.07) is 0.488. The molecule has 0 unspecified atom stereocenters. The zero-order valence-electron chi connectivity index (χ0n) is 9.43. The van der Waals surface area contributed by atoms with E-state index in [4.69, 9.17) is 4.74 Å². The largest absolute Gasteiger partial charge is 0.380 e. The van der Waals surface area contributed by atoms with E-state index in [0.717, 1.165) is 6.54 Å². The van der Waals surface area contributed by atoms with Gasteiger partial charge < -0.3 is 15.4 Å². The van der Waals surface area contributed by atoms with Crippen molar-refractivity contribution in [2.24, 2.45) is 0 Å². The van der Waals surface area contributed by atoms with Gasteiger partial charge in [0, 0.05) is 25.6 Å². The highest BCUT2D eigenvalue weighted by Crippen LogP contribution is 1.83. The van der Waals surface area contributed by atoms with Crippen LogP contribution in [0.2, 0.25) is 0 Å². The average molecular weight is 202 g/mol. The van der Waals surface area contributed by atoms with E-state index < -0.39 is 0 Å². The molecular weight excluding hydrogens is 180 g/mol. The number of carbonyl (C=O) groups excluding carboxylic acids is 1. The highest BCUT2D eigenvalue weighted by Gasteiger charge is 1.98. The van der Waals surface area contributed by atoms with Crippen LogP contribution in [0.5, 0.6) is 0 Å². The van der Waals surface area contributed by atoms with Gasteiger partial charge in [0.25, 0.3) is 0 Å². The van der Waals surface area contributed by atoms with Crippen LogP contribution in [0, 0.1) is 0 Å². The summed E-state index contributed by atoms with van der Waals surface area (Å²) >= 11 is 0. The summed E-state index contributed by atoms with van der Waals surface area (Å²) in [7, 11) is 0. The van der Waals surface area contributed by atoms with Gasteiger partial charge in [-0.25, -0.2) is 0 Å². The number of nitrogens with one attached hydrogen (secondary N) is 2. The Kier molecular flexibility index (Phi) is 8.57. The third kappa shape index (κ3) is 9.48. The lowest BCUT2D eigenvalue weighted by Gasteiger charge is -2.08. The van der Waals surface area contributed by atoms with Crippen molar-refractivity contribution < 1.29 is 9.53 Å². The molecule has 1 amide bonds. The molecule has 0 heterocycles. The molecule has 0 spiro atoms. The summed E-state index contributed by atoms with van der Waals surface area (Å²) in [5.41, 5.74) is 0. The fourth-order valence-electron chi connectivity index (χ4n) is 0.972. The second-order valence-corrected chi connectivity index (χ2v) is 3.42. The quantitative estimate of drug-likeness (QED) is 0.564. The molecule has 0 aliphatic heterocycles. The van der Waals surface area contributed by atoms with Crippen molar-refractivity contribution in [1.82, 2.24) is 10.6 Å². The molecule has 0 fully saturated rings. The molecule has 0 atom stereocenters. The van der Waals surface area contributed by atoms with Crippen molar-refractivity contribution in [3.8, 4) is 0 Å². The molecule has 0 aliphatic carbocycles. The maximum absolute atomic E-state index is 11.0. The molecule has 0 saturated heterocycles. The topological polar surface area (TPSA) is 50.4 Å². The molecule has 14 heavy (non-hydrogen) atoms. The summed E-state index contributed by atoms with van der Waals surface area (Å²) in [5.74, 6) is 0.0596. The number of amides is 1. The molecule has 0 rings (SSSR count). The second-order valence-electron chi connectivity index (χ2n) is 3.42. The summed E-state index contributed by atoms with van der Waals surface area (Å²) in [6.45, 7) is 8.79. The van der Waals surface area contributed by atoms with Crippen molar-refractivity contribution in [3.63, 3.8) is 0 Å². The Morgan fingerprint density at radius 2 is 2.07 bits per heavy atom. The minimum atomic E-state index is 0.0596. The standard InChI is InChI=1S/C10H22N2O2/c1-4-11-10(13)5-7-14-8-6-12-9(2)3/h9,12H,4-8H2,1-3H3,(H,11,13). The average Bonchev–Trinajstić information content (AvgIpc) is 2.11. The number of hydrogen-bond donors (Lipinski definition) is 2. The SMILES string of the molecule is CCNC(=O)CCOCCNC(C)C. The second kappa shape index (κ2) is 8.97. The smallest absolute Gasteiger partial charge is 0.222 e. The highest BCUT2D eigenvalue weighted by molar-refractivity contribution is 5.75. The first-order valence-electron chi connectivity index (χ1n) is 5.24. The van der Waals surface area contributed by atoms with Crippen LogP contribution in [0.25, 0.3) is 0 Å². The van der Waals surface area contributed by atoms with Crippen molar-refractivity contribution in [2.45, 2.75) is 33.2 Å². The van der Waals surface area contributed by atoms with E-state index in [9.17, 15) is 4.79 Å². The van der Waals surface area contributed by atoms with Gasteiger partial charge in [0.2, 0.25) is 5.91 Å². The van der Waals surface area contributed by atoms with Gasteiger partial charge in [-0.2, -0.15) is 0 Å². The van der Waals surface area contributed by atoms with Crippen LogP contribution in [0.4, 0.5) is 0 Å². The molecule has 2 N–H and O–H groups in total. The zero-order chi connectivity index (χ0) is 10.8. The predicted octanol–water partition coefficient (Wildman–Crippen LogP) is 0.527. The van der Waals surface area contributed by atoms with Gasteiger partial charge in [-0.3, -0.25) is 4.79 Å². The van der Waals surface area contributed by atoms with Gasteiger partial charge in [-0.1, -0.05) is 13.8 Å². The fourth-order valence-corrected chi connectivity index (χ4v) is 0.972. The van der Waals surface area contributed by atoms with Gasteiger partial charge >= 0.3 is 0 Å². The molecule has 0 aromatic carbocycles. The molecule has 4 heteroatoms. The Labute approximate surface area is 86.4 Å². The van der Waals surface area contributed by atoms with Crippen LogP contribution in [0.1, 0.15) is 27.2 Å². The van der Waals surface area contributed by atoms with E-state index in [1.807, 2.05) is 6.92 Å². The number of ether oxygens (including phenoxy) is 1. The minimum Gasteiger partial charge on any atom is -0.380 e. The third-order valence-corrected chi connectivity index (χ3v) is 1.65. The van der Waals surface area contributed by atoms with Crippen molar-refractivity contribution in [2.75, 3.05) is 26.3 Å². The first-order chi connectivity index (χ1) is 6.66. The number of carbonyl (C=O) groups is 1. The Balaban J connectivity index is 3.09. The van der Waals surface area contributed by atoms with E-state index in [2.05, 4.69) is 24.5 Å². The van der Waals surface area contributed by atoms with Crippen molar-refractivity contribution in [1.29, 1.82) is 0 Å². The lowest BCUT2D eigenvalue weighted by molar-refractivity contribution is -0.122. The van der Waals surface area contributed by atoms with Crippen LogP contribution in [0.15, 0.2) is 0 Å². The summed E-state index contributed by atoms with van der Waals surface area (Å²) in [6.07, 6.45) is 0.454. The van der Waals surface area contributed by atoms with Gasteiger partial charge in [0.15, 0.2) is 0 Å². The Morgan fingerprint density at radius 3 is 2.64 bits per heavy atom. The lowest BCUT2D eigenvalue weighted by Crippen LogP contribution is -2.28. The Morgan fingerprint density at radius 1 is 1.36 bits per heavy atom. The molecule has 0 radical (unpaired) electrons. The molecule has 0 bridgehead atoms. The Bertz CT molecular complexity index is 149. The van der Waals surface area contributed by atoms with E-state index in [1.54, 1.807) is 0 Å². The van der Waals surface area contributed by atoms with Crippen LogP contribution < -0.4 is 10.6 Å². The van der Waals surface area contributed by atoms with E-state index in [-0.39, 0.29) is 5.91 Å². The summed E-state index contributed by atoms with van der Waals surface area (Å²) in [5, 5.41) is 5.95. The molecule has 0 aromatic rings. The zero-order valence-corrected chi connectivity index (χ0v) is 9.43. The molecule has 84 valence electrons. The maximum atomic E-state index is 11.0. The summed E-state index contributed by atoms with van der Waals surface area (Å²) < 4.78 is 5.28. The fraction of sp³-hybridized carbons (Fsp3) is 0.900. The third-order valence-electron chi connectivity index (χ3n) is 1.65. The maximum Gasteiger partial charge on any atom is 0.222 e. The normalized spacial score (nSPS) is 10.6. The molecule has 0 aromatic heterocycles. The molecular formula is C10H22N2O2. The Hall–Kier alpha value is -0.610. The number of rotatable bonds is 8. The molecule has 4 nitrogen and oxygen atoms in total. The van der Waals surface area contributed by atoms with Crippen LogP contribution in [0.3, 0.4) is 0 Å². The minimum absolute atomic E-state index is 0.0596. The van der Waals surface area contributed by atoms with Gasteiger partial charge in [0.05, 0.1) is 13.2 Å². The van der Waals surface area contributed by atoms with Crippen molar-refractivity contribution in [3.05, 3.63) is 0 Å². The lowest BCUT2D eigenvalue weighted by atomic mass is 10.4. The highest BCUT2D eigenvalue weighted by atomic mass is 16.5. The predicted molar refractivity (Wildman–Crippen MR) is 57.3 cm³/mol. The van der Waals surface area contributed by atoms with Gasteiger partial charge in [-0.15, -0.1) is 0 Å². The summed E-state index contributed by atoms with van der Waals surface area (Å²) in [4.78, 5) is 11.0. The first kappa shape index (κ1) is 13.4. The molecule has 0 aliphatic rings. The van der Waals surface area contributed by atoms with Crippen LogP contribution in [-0.2, 0) is 9.53 Å². The van der Waals surface area contributed by atoms with E-state index >= 15 is 0 Å². The van der Waals surface area contributed by atoms with E-state index in [1.165, 1.54) is 0 Å². The van der Waals surface area contributed by atoms with Gasteiger partial charge in [-0.05, 0) is 6.92 Å². The van der Waals surface area contributed by atoms with Crippen molar-refractivity contribution >= 4 is 5.91 Å². The molecule has 0 saturated carbocycles. The van der Waals surface area contributed by atoms with Crippen LogP contribution >= 0.6 is 0 Å². The number of hydrogen-bond acceptors (Lipinski definition) is 3.